The molecule has 0 spiro atoms. The summed E-state index contributed by atoms with van der Waals surface area (Å²) in [7, 11) is 1.84. The third-order valence-corrected chi connectivity index (χ3v) is 2.10. The van der Waals surface area contributed by atoms with Gasteiger partial charge in [-0.2, -0.15) is 0 Å². The summed E-state index contributed by atoms with van der Waals surface area (Å²) in [5, 5.41) is 8.59. The molecule has 0 aliphatic carbocycles. The number of likely N-dealkylation sites (N-methyl/N-ethyl adjacent to an activating group) is 1. The first-order valence-corrected chi connectivity index (χ1v) is 4.31. The number of carbonyl (C=O) groups excluding carboxylic acids is 1. The van der Waals surface area contributed by atoms with Crippen molar-refractivity contribution in [1.29, 1.82) is 0 Å². The highest BCUT2D eigenvalue weighted by atomic mass is 16.3. The van der Waals surface area contributed by atoms with Crippen LogP contribution in [0.5, 0.6) is 0 Å². The fourth-order valence-electron chi connectivity index (χ4n) is 1.15. The molecule has 1 aliphatic rings. The van der Waals surface area contributed by atoms with Gasteiger partial charge in [-0.3, -0.25) is 9.69 Å². The van der Waals surface area contributed by atoms with E-state index >= 15 is 0 Å². The minimum Gasteiger partial charge on any atom is -0.395 e. The lowest BCUT2D eigenvalue weighted by molar-refractivity contribution is -0.135. The maximum absolute atomic E-state index is 11.3. The van der Waals surface area contributed by atoms with Crippen LogP contribution in [0.1, 0.15) is 6.42 Å². The molecule has 0 unspecified atom stereocenters. The second-order valence-electron chi connectivity index (χ2n) is 3.20. The van der Waals surface area contributed by atoms with Crippen molar-refractivity contribution in [3.8, 4) is 0 Å². The van der Waals surface area contributed by atoms with Gasteiger partial charge in [0.25, 0.3) is 0 Å². The van der Waals surface area contributed by atoms with Gasteiger partial charge < -0.3 is 10.0 Å². The molecule has 0 aromatic rings. The number of hydrogen-bond donors (Lipinski definition) is 1. The van der Waals surface area contributed by atoms with Crippen molar-refractivity contribution in [3.05, 3.63) is 0 Å². The Balaban J connectivity index is 2.15. The maximum Gasteiger partial charge on any atom is 0.236 e. The molecule has 1 saturated heterocycles. The zero-order valence-electron chi connectivity index (χ0n) is 7.49. The predicted octanol–water partition coefficient (Wildman–Crippen LogP) is -0.857. The van der Waals surface area contributed by atoms with E-state index in [-0.39, 0.29) is 12.5 Å². The number of nitrogens with zero attached hydrogens (tertiary/aromatic N) is 2. The number of carbonyl (C=O) groups is 1. The van der Waals surface area contributed by atoms with Gasteiger partial charge in [-0.25, -0.2) is 0 Å². The highest BCUT2D eigenvalue weighted by Gasteiger charge is 2.20. The zero-order valence-corrected chi connectivity index (χ0v) is 7.49. The summed E-state index contributed by atoms with van der Waals surface area (Å²) in [5.74, 6) is 0.178. The lowest BCUT2D eigenvalue weighted by Crippen LogP contribution is -2.46. The normalized spacial score (nSPS) is 16.4. The molecule has 0 atom stereocenters. The molecule has 1 rings (SSSR count). The van der Waals surface area contributed by atoms with Crippen molar-refractivity contribution < 1.29 is 9.90 Å². The number of likely N-dealkylation sites (tertiary alicyclic amines) is 1. The summed E-state index contributed by atoms with van der Waals surface area (Å²) in [6, 6.07) is 0. The van der Waals surface area contributed by atoms with Crippen molar-refractivity contribution in [2.75, 3.05) is 39.8 Å². The molecule has 1 fully saturated rings. The number of rotatable bonds is 4. The molecule has 70 valence electrons. The molecule has 1 aliphatic heterocycles. The van der Waals surface area contributed by atoms with E-state index in [1.54, 1.807) is 0 Å². The van der Waals surface area contributed by atoms with Crippen LogP contribution in [0.4, 0.5) is 0 Å². The van der Waals surface area contributed by atoms with Crippen molar-refractivity contribution in [2.45, 2.75) is 6.42 Å². The van der Waals surface area contributed by atoms with E-state index in [2.05, 4.69) is 0 Å². The average molecular weight is 172 g/mol. The smallest absolute Gasteiger partial charge is 0.236 e. The fraction of sp³-hybridized carbons (Fsp3) is 0.875. The van der Waals surface area contributed by atoms with Crippen LogP contribution in [0.15, 0.2) is 0 Å². The van der Waals surface area contributed by atoms with Crippen LogP contribution in [0.25, 0.3) is 0 Å². The van der Waals surface area contributed by atoms with E-state index in [0.717, 1.165) is 19.5 Å². The Morgan fingerprint density at radius 1 is 1.58 bits per heavy atom. The van der Waals surface area contributed by atoms with Gasteiger partial charge in [0.1, 0.15) is 0 Å². The number of hydrogen-bond acceptors (Lipinski definition) is 3. The van der Waals surface area contributed by atoms with E-state index in [0.29, 0.717) is 13.1 Å². The van der Waals surface area contributed by atoms with Gasteiger partial charge in [0, 0.05) is 19.6 Å². The number of aliphatic hydroxyl groups is 1. The topological polar surface area (TPSA) is 43.8 Å². The molecular formula is C8H16N2O2. The maximum atomic E-state index is 11.3. The molecule has 1 amide bonds. The summed E-state index contributed by atoms with van der Waals surface area (Å²) in [5.41, 5.74) is 0. The van der Waals surface area contributed by atoms with Gasteiger partial charge in [0.2, 0.25) is 5.91 Å². The first-order valence-electron chi connectivity index (χ1n) is 4.31. The van der Waals surface area contributed by atoms with E-state index < -0.39 is 0 Å². The summed E-state index contributed by atoms with van der Waals surface area (Å²) in [4.78, 5) is 15.0. The first-order chi connectivity index (χ1) is 5.74. The summed E-state index contributed by atoms with van der Waals surface area (Å²) >= 11 is 0. The molecule has 4 heteroatoms. The Morgan fingerprint density at radius 2 is 2.25 bits per heavy atom. The summed E-state index contributed by atoms with van der Waals surface area (Å²) in [6.07, 6.45) is 1.13. The standard InChI is InChI=1S/C8H16N2O2/c1-9(5-6-11)7-8(12)10-3-2-4-10/h11H,2-7H2,1H3. The molecule has 0 bridgehead atoms. The largest absolute Gasteiger partial charge is 0.395 e. The first kappa shape index (κ1) is 9.48. The minimum absolute atomic E-state index is 0.115. The van der Waals surface area contributed by atoms with Gasteiger partial charge in [-0.05, 0) is 13.5 Å². The Morgan fingerprint density at radius 3 is 2.67 bits per heavy atom. The molecule has 0 aromatic carbocycles. The van der Waals surface area contributed by atoms with Gasteiger partial charge in [0.15, 0.2) is 0 Å². The monoisotopic (exact) mass is 172 g/mol. The van der Waals surface area contributed by atoms with Crippen LogP contribution in [0.2, 0.25) is 0 Å². The molecule has 0 radical (unpaired) electrons. The van der Waals surface area contributed by atoms with E-state index in [9.17, 15) is 4.79 Å². The predicted molar refractivity (Wildman–Crippen MR) is 45.8 cm³/mol. The summed E-state index contributed by atoms with van der Waals surface area (Å²) in [6.45, 7) is 2.93. The van der Waals surface area contributed by atoms with Crippen LogP contribution in [-0.4, -0.2) is 60.6 Å². The second-order valence-corrected chi connectivity index (χ2v) is 3.20. The Kier molecular flexibility index (Phi) is 3.49. The SMILES string of the molecule is CN(CCO)CC(=O)N1CCC1. The minimum atomic E-state index is 0.115. The highest BCUT2D eigenvalue weighted by molar-refractivity contribution is 5.78. The number of aliphatic hydroxyl groups excluding tert-OH is 1. The van der Waals surface area contributed by atoms with Crippen molar-refractivity contribution >= 4 is 5.91 Å². The second kappa shape index (κ2) is 4.42. The molecular weight excluding hydrogens is 156 g/mol. The van der Waals surface area contributed by atoms with Crippen molar-refractivity contribution in [1.82, 2.24) is 9.80 Å². The van der Waals surface area contributed by atoms with Crippen molar-refractivity contribution in [2.24, 2.45) is 0 Å². The molecule has 0 aromatic heterocycles. The average Bonchev–Trinajstić information content (AvgIpc) is 1.82. The van der Waals surface area contributed by atoms with Gasteiger partial charge >= 0.3 is 0 Å². The van der Waals surface area contributed by atoms with Crippen LogP contribution >= 0.6 is 0 Å². The Bertz CT molecular complexity index is 157. The van der Waals surface area contributed by atoms with Crippen LogP contribution in [0.3, 0.4) is 0 Å². The highest BCUT2D eigenvalue weighted by Crippen LogP contribution is 2.05. The molecule has 12 heavy (non-hydrogen) atoms. The zero-order chi connectivity index (χ0) is 8.97. The van der Waals surface area contributed by atoms with Gasteiger partial charge in [0.05, 0.1) is 13.2 Å². The van der Waals surface area contributed by atoms with Gasteiger partial charge in [-0.1, -0.05) is 0 Å². The van der Waals surface area contributed by atoms with E-state index in [4.69, 9.17) is 5.11 Å². The quantitative estimate of drug-likeness (QED) is 0.600. The summed E-state index contributed by atoms with van der Waals surface area (Å²) < 4.78 is 0. The molecule has 0 saturated carbocycles. The van der Waals surface area contributed by atoms with E-state index in [1.807, 2.05) is 16.8 Å². The van der Waals surface area contributed by atoms with Crippen LogP contribution in [0, 0.1) is 0 Å². The molecule has 4 nitrogen and oxygen atoms in total. The molecule has 1 N–H and O–H groups in total. The number of amides is 1. The molecule has 1 heterocycles. The lowest BCUT2D eigenvalue weighted by atomic mass is 10.2. The van der Waals surface area contributed by atoms with Crippen LogP contribution in [-0.2, 0) is 4.79 Å². The lowest BCUT2D eigenvalue weighted by Gasteiger charge is -2.32. The van der Waals surface area contributed by atoms with Crippen LogP contribution < -0.4 is 0 Å². The fourth-order valence-corrected chi connectivity index (χ4v) is 1.15. The third kappa shape index (κ3) is 2.46. The Labute approximate surface area is 72.8 Å². The van der Waals surface area contributed by atoms with Gasteiger partial charge in [-0.15, -0.1) is 0 Å². The Hall–Kier alpha value is -0.610. The third-order valence-electron chi connectivity index (χ3n) is 2.10. The van der Waals surface area contributed by atoms with Crippen molar-refractivity contribution in [3.63, 3.8) is 0 Å². The van der Waals surface area contributed by atoms with E-state index in [1.165, 1.54) is 0 Å².